The first kappa shape index (κ1) is 20.8. The van der Waals surface area contributed by atoms with E-state index in [4.69, 9.17) is 4.74 Å². The molecule has 0 atom stereocenters. The molecule has 2 heterocycles. The van der Waals surface area contributed by atoms with Crippen LogP contribution in [0.1, 0.15) is 57.7 Å². The standard InChI is InChI=1S/C25H27N3O3/c1-3-31-25(30)23-17-26-28(18(23)2)22-11-9-21(10-12-22)24(29)27-15-13-20(14-16-27)19-7-5-4-6-8-19/h4-12,17,20H,3,13-16H2,1-2H3. The van der Waals surface area contributed by atoms with Gasteiger partial charge in [0.1, 0.15) is 5.56 Å². The van der Waals surface area contributed by atoms with Crippen molar-refractivity contribution in [3.63, 3.8) is 0 Å². The summed E-state index contributed by atoms with van der Waals surface area (Å²) >= 11 is 0. The molecule has 160 valence electrons. The van der Waals surface area contributed by atoms with Crippen molar-refractivity contribution in [3.8, 4) is 5.69 Å². The van der Waals surface area contributed by atoms with Gasteiger partial charge in [0.05, 0.1) is 24.2 Å². The number of carbonyl (C=O) groups excluding carboxylic acids is 2. The number of aromatic nitrogens is 2. The van der Waals surface area contributed by atoms with Crippen molar-refractivity contribution in [2.75, 3.05) is 19.7 Å². The van der Waals surface area contributed by atoms with E-state index >= 15 is 0 Å². The largest absolute Gasteiger partial charge is 0.462 e. The molecule has 0 aliphatic carbocycles. The van der Waals surface area contributed by atoms with Crippen LogP contribution in [0.3, 0.4) is 0 Å². The second-order valence-corrected chi connectivity index (χ2v) is 7.80. The number of likely N-dealkylation sites (tertiary alicyclic amines) is 1. The Bertz CT molecular complexity index is 1050. The fraction of sp³-hybridized carbons (Fsp3) is 0.320. The normalized spacial score (nSPS) is 14.5. The van der Waals surface area contributed by atoms with Crippen LogP contribution in [0.2, 0.25) is 0 Å². The van der Waals surface area contributed by atoms with Gasteiger partial charge in [-0.3, -0.25) is 4.79 Å². The van der Waals surface area contributed by atoms with Gasteiger partial charge in [-0.2, -0.15) is 5.10 Å². The van der Waals surface area contributed by atoms with Crippen molar-refractivity contribution >= 4 is 11.9 Å². The summed E-state index contributed by atoms with van der Waals surface area (Å²) in [5.41, 5.74) is 3.98. The van der Waals surface area contributed by atoms with Gasteiger partial charge < -0.3 is 9.64 Å². The smallest absolute Gasteiger partial charge is 0.341 e. The molecule has 0 bridgehead atoms. The molecule has 1 saturated heterocycles. The van der Waals surface area contributed by atoms with Crippen LogP contribution in [0.5, 0.6) is 0 Å². The first-order chi connectivity index (χ1) is 15.1. The summed E-state index contributed by atoms with van der Waals surface area (Å²) < 4.78 is 6.76. The summed E-state index contributed by atoms with van der Waals surface area (Å²) in [4.78, 5) is 26.9. The maximum atomic E-state index is 13.0. The molecule has 6 heteroatoms. The van der Waals surface area contributed by atoms with E-state index in [0.29, 0.717) is 29.3 Å². The number of rotatable bonds is 5. The second-order valence-electron chi connectivity index (χ2n) is 7.80. The van der Waals surface area contributed by atoms with E-state index in [9.17, 15) is 9.59 Å². The van der Waals surface area contributed by atoms with Gasteiger partial charge in [-0.15, -0.1) is 0 Å². The average Bonchev–Trinajstić information content (AvgIpc) is 3.21. The Morgan fingerprint density at radius 3 is 2.35 bits per heavy atom. The van der Waals surface area contributed by atoms with Crippen molar-refractivity contribution in [2.45, 2.75) is 32.6 Å². The number of ether oxygens (including phenoxy) is 1. The average molecular weight is 418 g/mol. The Morgan fingerprint density at radius 1 is 1.03 bits per heavy atom. The van der Waals surface area contributed by atoms with E-state index < -0.39 is 0 Å². The van der Waals surface area contributed by atoms with E-state index in [1.807, 2.05) is 42.2 Å². The molecular formula is C25H27N3O3. The zero-order valence-corrected chi connectivity index (χ0v) is 18.0. The molecule has 1 aliphatic rings. The molecule has 0 unspecified atom stereocenters. The Morgan fingerprint density at radius 2 is 1.71 bits per heavy atom. The number of piperidine rings is 1. The zero-order valence-electron chi connectivity index (χ0n) is 18.0. The van der Waals surface area contributed by atoms with Crippen molar-refractivity contribution in [3.05, 3.63) is 83.2 Å². The van der Waals surface area contributed by atoms with Crippen LogP contribution < -0.4 is 0 Å². The van der Waals surface area contributed by atoms with Gasteiger partial charge in [0, 0.05) is 18.7 Å². The van der Waals surface area contributed by atoms with Crippen LogP contribution >= 0.6 is 0 Å². The lowest BCUT2D eigenvalue weighted by Gasteiger charge is -2.32. The third-order valence-corrected chi connectivity index (χ3v) is 5.92. The first-order valence-corrected chi connectivity index (χ1v) is 10.7. The predicted octanol–water partition coefficient (Wildman–Crippen LogP) is 4.38. The third kappa shape index (κ3) is 4.38. The zero-order chi connectivity index (χ0) is 21.8. The van der Waals surface area contributed by atoms with Crippen LogP contribution in [0.15, 0.2) is 60.8 Å². The highest BCUT2D eigenvalue weighted by atomic mass is 16.5. The minimum absolute atomic E-state index is 0.0578. The van der Waals surface area contributed by atoms with Crippen molar-refractivity contribution in [2.24, 2.45) is 0 Å². The molecule has 2 aromatic carbocycles. The van der Waals surface area contributed by atoms with Crippen LogP contribution in [0, 0.1) is 6.92 Å². The summed E-state index contributed by atoms with van der Waals surface area (Å²) in [6.45, 7) is 5.46. The van der Waals surface area contributed by atoms with Crippen LogP contribution in [0.25, 0.3) is 5.69 Å². The maximum absolute atomic E-state index is 13.0. The lowest BCUT2D eigenvalue weighted by atomic mass is 9.89. The van der Waals surface area contributed by atoms with Crippen molar-refractivity contribution in [1.82, 2.24) is 14.7 Å². The van der Waals surface area contributed by atoms with Gasteiger partial charge in [-0.05, 0) is 62.4 Å². The number of amides is 1. The fourth-order valence-corrected chi connectivity index (χ4v) is 4.15. The van der Waals surface area contributed by atoms with Gasteiger partial charge in [-0.25, -0.2) is 9.48 Å². The molecule has 0 spiro atoms. The molecule has 3 aromatic rings. The number of carbonyl (C=O) groups is 2. The molecule has 31 heavy (non-hydrogen) atoms. The Hall–Kier alpha value is -3.41. The number of nitrogens with zero attached hydrogens (tertiary/aromatic N) is 3. The molecule has 1 aromatic heterocycles. The van der Waals surface area contributed by atoms with E-state index in [1.54, 1.807) is 11.6 Å². The van der Waals surface area contributed by atoms with Crippen LogP contribution in [-0.4, -0.2) is 46.3 Å². The van der Waals surface area contributed by atoms with Gasteiger partial charge >= 0.3 is 5.97 Å². The summed E-state index contributed by atoms with van der Waals surface area (Å²) in [6, 6.07) is 17.9. The van der Waals surface area contributed by atoms with Crippen molar-refractivity contribution < 1.29 is 14.3 Å². The summed E-state index contributed by atoms with van der Waals surface area (Å²) in [5, 5.41) is 4.31. The number of esters is 1. The predicted molar refractivity (Wildman–Crippen MR) is 119 cm³/mol. The van der Waals surface area contributed by atoms with Crippen LogP contribution in [0.4, 0.5) is 0 Å². The number of hydrogen-bond acceptors (Lipinski definition) is 4. The molecule has 0 saturated carbocycles. The fourth-order valence-electron chi connectivity index (χ4n) is 4.15. The van der Waals surface area contributed by atoms with Gasteiger partial charge in [0.2, 0.25) is 0 Å². The van der Waals surface area contributed by atoms with E-state index in [-0.39, 0.29) is 11.9 Å². The van der Waals surface area contributed by atoms with E-state index in [2.05, 4.69) is 29.4 Å². The third-order valence-electron chi connectivity index (χ3n) is 5.92. The lowest BCUT2D eigenvalue weighted by Crippen LogP contribution is -2.37. The maximum Gasteiger partial charge on any atom is 0.341 e. The van der Waals surface area contributed by atoms with E-state index in [0.717, 1.165) is 31.6 Å². The molecule has 1 aliphatic heterocycles. The molecule has 6 nitrogen and oxygen atoms in total. The van der Waals surface area contributed by atoms with E-state index in [1.165, 1.54) is 11.8 Å². The summed E-state index contributed by atoms with van der Waals surface area (Å²) in [7, 11) is 0. The Kier molecular flexibility index (Phi) is 6.16. The Balaban J connectivity index is 1.42. The highest BCUT2D eigenvalue weighted by Crippen LogP contribution is 2.28. The number of benzene rings is 2. The summed E-state index contributed by atoms with van der Waals surface area (Å²) in [5.74, 6) is 0.198. The Labute approximate surface area is 182 Å². The minimum Gasteiger partial charge on any atom is -0.462 e. The number of hydrogen-bond donors (Lipinski definition) is 0. The molecule has 0 N–H and O–H groups in total. The van der Waals surface area contributed by atoms with Crippen LogP contribution in [-0.2, 0) is 4.74 Å². The molecule has 4 rings (SSSR count). The molecule has 1 amide bonds. The molecule has 0 radical (unpaired) electrons. The summed E-state index contributed by atoms with van der Waals surface area (Å²) in [6.07, 6.45) is 3.48. The monoisotopic (exact) mass is 417 g/mol. The van der Waals surface area contributed by atoms with Gasteiger partial charge in [0.15, 0.2) is 0 Å². The topological polar surface area (TPSA) is 64.4 Å². The first-order valence-electron chi connectivity index (χ1n) is 10.7. The minimum atomic E-state index is -0.378. The van der Waals surface area contributed by atoms with Gasteiger partial charge in [-0.1, -0.05) is 30.3 Å². The molecule has 1 fully saturated rings. The van der Waals surface area contributed by atoms with Crippen molar-refractivity contribution in [1.29, 1.82) is 0 Å². The highest BCUT2D eigenvalue weighted by molar-refractivity contribution is 5.94. The second kappa shape index (κ2) is 9.16. The molecular weight excluding hydrogens is 390 g/mol. The quantitative estimate of drug-likeness (QED) is 0.578. The van der Waals surface area contributed by atoms with Gasteiger partial charge in [0.25, 0.3) is 5.91 Å². The SMILES string of the molecule is CCOC(=O)c1cnn(-c2ccc(C(=O)N3CCC(c4ccccc4)CC3)cc2)c1C. The lowest BCUT2D eigenvalue weighted by molar-refractivity contribution is 0.0525. The highest BCUT2D eigenvalue weighted by Gasteiger charge is 2.24.